The van der Waals surface area contributed by atoms with E-state index < -0.39 is 5.97 Å². The number of esters is 1. The van der Waals surface area contributed by atoms with Gasteiger partial charge in [-0.2, -0.15) is 0 Å². The average Bonchev–Trinajstić information content (AvgIpc) is 2.91. The van der Waals surface area contributed by atoms with E-state index in [0.717, 1.165) is 17.0 Å². The Morgan fingerprint density at radius 3 is 2.78 bits per heavy atom. The van der Waals surface area contributed by atoms with Crippen molar-refractivity contribution in [3.63, 3.8) is 0 Å². The van der Waals surface area contributed by atoms with E-state index in [1.54, 1.807) is 19.9 Å². The number of hydrogen-bond donors (Lipinski definition) is 2. The Morgan fingerprint density at radius 2 is 2.11 bits per heavy atom. The Morgan fingerprint density at radius 1 is 1.37 bits per heavy atom. The smallest absolute Gasteiger partial charge is 0.348 e. The number of aryl methyl sites for hydroxylation is 2. The third-order valence-corrected chi connectivity index (χ3v) is 5.94. The Hall–Kier alpha value is -2.46. The lowest BCUT2D eigenvalue weighted by Crippen LogP contribution is -2.13. The van der Waals surface area contributed by atoms with Crippen LogP contribution in [0.25, 0.3) is 10.2 Å². The molecule has 0 unspecified atom stereocenters. The minimum Gasteiger partial charge on any atom is -0.462 e. The molecular weight excluding hydrogens is 386 g/mol. The standard InChI is InChI=1S/C17H19N5O3S2/c1-5-25-16(24)12-8(3)11-14(23)21-13(22-15(11)27-12)9(4)26-17-19-7(2)6-10(18)20-17/h6,9H,5H2,1-4H3,(H2,18,19,20)(H,21,22,23)/t9-/m0/s1. The van der Waals surface area contributed by atoms with Crippen LogP contribution in [0.3, 0.4) is 0 Å². The van der Waals surface area contributed by atoms with Crippen molar-refractivity contribution in [2.75, 3.05) is 12.3 Å². The van der Waals surface area contributed by atoms with Crippen LogP contribution in [-0.2, 0) is 4.74 Å². The maximum Gasteiger partial charge on any atom is 0.348 e. The maximum absolute atomic E-state index is 12.6. The number of nitrogens with two attached hydrogens (primary N) is 1. The van der Waals surface area contributed by atoms with Gasteiger partial charge in [0.2, 0.25) is 0 Å². The first-order chi connectivity index (χ1) is 12.8. The Labute approximate surface area is 163 Å². The van der Waals surface area contributed by atoms with E-state index in [9.17, 15) is 9.59 Å². The van der Waals surface area contributed by atoms with Crippen LogP contribution < -0.4 is 11.3 Å². The number of fused-ring (bicyclic) bond motifs is 1. The van der Waals surface area contributed by atoms with Gasteiger partial charge in [-0.3, -0.25) is 4.79 Å². The highest BCUT2D eigenvalue weighted by molar-refractivity contribution is 7.99. The van der Waals surface area contributed by atoms with Crippen molar-refractivity contribution in [3.05, 3.63) is 38.4 Å². The summed E-state index contributed by atoms with van der Waals surface area (Å²) in [5.41, 5.74) is 6.84. The fraction of sp³-hybridized carbons (Fsp3) is 0.353. The van der Waals surface area contributed by atoms with Crippen LogP contribution in [0, 0.1) is 13.8 Å². The molecule has 0 amide bonds. The normalized spacial score (nSPS) is 12.3. The zero-order chi connectivity index (χ0) is 19.7. The number of nitrogen functional groups attached to an aromatic ring is 1. The molecule has 0 fully saturated rings. The SMILES string of the molecule is CCOC(=O)c1sc2nc([C@H](C)Sc3nc(C)cc(N)n3)[nH]c(=O)c2c1C. The van der Waals surface area contributed by atoms with Gasteiger partial charge >= 0.3 is 5.97 Å². The van der Waals surface area contributed by atoms with Gasteiger partial charge in [-0.15, -0.1) is 11.3 Å². The Bertz CT molecular complexity index is 1060. The number of anilines is 1. The maximum atomic E-state index is 12.6. The fourth-order valence-electron chi connectivity index (χ4n) is 2.58. The summed E-state index contributed by atoms with van der Waals surface area (Å²) in [5.74, 6) is 0.435. The van der Waals surface area contributed by atoms with E-state index >= 15 is 0 Å². The van der Waals surface area contributed by atoms with Crippen LogP contribution in [0.4, 0.5) is 5.82 Å². The molecule has 0 radical (unpaired) electrons. The van der Waals surface area contributed by atoms with E-state index in [1.807, 2.05) is 13.8 Å². The summed E-state index contributed by atoms with van der Waals surface area (Å²) in [6.07, 6.45) is 0. The zero-order valence-electron chi connectivity index (χ0n) is 15.3. The van der Waals surface area contributed by atoms with Crippen LogP contribution in [0.2, 0.25) is 0 Å². The van der Waals surface area contributed by atoms with Crippen LogP contribution in [0.5, 0.6) is 0 Å². The molecule has 0 aliphatic carbocycles. The number of nitrogens with one attached hydrogen (secondary N) is 1. The van der Waals surface area contributed by atoms with E-state index in [-0.39, 0.29) is 17.4 Å². The monoisotopic (exact) mass is 405 g/mol. The van der Waals surface area contributed by atoms with Gasteiger partial charge in [0.25, 0.3) is 5.56 Å². The number of thioether (sulfide) groups is 1. The lowest BCUT2D eigenvalue weighted by molar-refractivity contribution is 0.0531. The third kappa shape index (κ3) is 3.96. The van der Waals surface area contributed by atoms with Gasteiger partial charge in [0.1, 0.15) is 21.3 Å². The minimum absolute atomic E-state index is 0.211. The lowest BCUT2D eigenvalue weighted by atomic mass is 10.2. The molecule has 0 aliphatic rings. The number of thiophene rings is 1. The van der Waals surface area contributed by atoms with Gasteiger partial charge in [-0.05, 0) is 33.3 Å². The molecule has 142 valence electrons. The molecule has 3 rings (SSSR count). The first-order valence-electron chi connectivity index (χ1n) is 8.28. The van der Waals surface area contributed by atoms with E-state index in [4.69, 9.17) is 10.5 Å². The predicted molar refractivity (Wildman–Crippen MR) is 106 cm³/mol. The Kier molecular flexibility index (Phi) is 5.47. The molecular formula is C17H19N5O3S2. The van der Waals surface area contributed by atoms with Gasteiger partial charge in [-0.25, -0.2) is 19.7 Å². The van der Waals surface area contributed by atoms with Crippen molar-refractivity contribution in [1.29, 1.82) is 0 Å². The van der Waals surface area contributed by atoms with Crippen molar-refractivity contribution in [2.24, 2.45) is 0 Å². The summed E-state index contributed by atoms with van der Waals surface area (Å²) in [5, 5.41) is 0.717. The highest BCUT2D eigenvalue weighted by atomic mass is 32.2. The third-order valence-electron chi connectivity index (χ3n) is 3.80. The number of carbonyl (C=O) groups excluding carboxylic acids is 1. The van der Waals surface area contributed by atoms with E-state index in [0.29, 0.717) is 37.5 Å². The van der Waals surface area contributed by atoms with Gasteiger partial charge < -0.3 is 15.5 Å². The van der Waals surface area contributed by atoms with Gasteiger partial charge in [0.15, 0.2) is 5.16 Å². The number of ether oxygens (including phenoxy) is 1. The molecule has 3 aromatic heterocycles. The summed E-state index contributed by atoms with van der Waals surface area (Å²) in [7, 11) is 0. The summed E-state index contributed by atoms with van der Waals surface area (Å²) in [6, 6.07) is 1.69. The topological polar surface area (TPSA) is 124 Å². The molecule has 27 heavy (non-hydrogen) atoms. The molecule has 3 N–H and O–H groups in total. The molecule has 10 heteroatoms. The van der Waals surface area contributed by atoms with Crippen LogP contribution in [-0.4, -0.2) is 32.5 Å². The van der Waals surface area contributed by atoms with Crippen LogP contribution in [0.1, 0.15) is 45.9 Å². The number of H-pyrrole nitrogens is 1. The van der Waals surface area contributed by atoms with Crippen LogP contribution >= 0.6 is 23.1 Å². The molecule has 0 aliphatic heterocycles. The molecule has 0 spiro atoms. The summed E-state index contributed by atoms with van der Waals surface area (Å²) < 4.78 is 5.06. The van der Waals surface area contributed by atoms with Crippen molar-refractivity contribution in [3.8, 4) is 0 Å². The second-order valence-corrected chi connectivity index (χ2v) is 8.19. The zero-order valence-corrected chi connectivity index (χ0v) is 17.0. The van der Waals surface area contributed by atoms with Gasteiger partial charge in [0, 0.05) is 11.8 Å². The molecule has 0 aromatic carbocycles. The number of aromatic nitrogens is 4. The largest absolute Gasteiger partial charge is 0.462 e. The minimum atomic E-state index is -0.440. The summed E-state index contributed by atoms with van der Waals surface area (Å²) in [4.78, 5) is 41.5. The average molecular weight is 406 g/mol. The number of aromatic amines is 1. The molecule has 1 atom stereocenters. The molecule has 0 saturated heterocycles. The summed E-state index contributed by atoms with van der Waals surface area (Å²) in [6.45, 7) is 7.47. The number of carbonyl (C=O) groups is 1. The van der Waals surface area contributed by atoms with Crippen molar-refractivity contribution >= 4 is 45.1 Å². The van der Waals surface area contributed by atoms with Crippen molar-refractivity contribution in [1.82, 2.24) is 19.9 Å². The molecule has 3 heterocycles. The lowest BCUT2D eigenvalue weighted by Gasteiger charge is -2.10. The number of hydrogen-bond acceptors (Lipinski definition) is 9. The Balaban J connectivity index is 1.97. The van der Waals surface area contributed by atoms with E-state index in [1.165, 1.54) is 11.8 Å². The first-order valence-corrected chi connectivity index (χ1v) is 9.98. The molecule has 0 bridgehead atoms. The van der Waals surface area contributed by atoms with Gasteiger partial charge in [-0.1, -0.05) is 11.8 Å². The van der Waals surface area contributed by atoms with Gasteiger partial charge in [0.05, 0.1) is 17.2 Å². The fourth-order valence-corrected chi connectivity index (χ4v) is 4.55. The molecule has 3 aromatic rings. The molecule has 0 saturated carbocycles. The van der Waals surface area contributed by atoms with Crippen molar-refractivity contribution in [2.45, 2.75) is 38.1 Å². The molecule has 8 nitrogen and oxygen atoms in total. The highest BCUT2D eigenvalue weighted by Gasteiger charge is 2.22. The summed E-state index contributed by atoms with van der Waals surface area (Å²) >= 11 is 2.51. The van der Waals surface area contributed by atoms with E-state index in [2.05, 4.69) is 19.9 Å². The van der Waals surface area contributed by atoms with Crippen LogP contribution in [0.15, 0.2) is 16.0 Å². The quantitative estimate of drug-likeness (QED) is 0.377. The number of nitrogens with zero attached hydrogens (tertiary/aromatic N) is 3. The first kappa shape index (κ1) is 19.3. The van der Waals surface area contributed by atoms with Crippen molar-refractivity contribution < 1.29 is 9.53 Å². The second-order valence-electron chi connectivity index (χ2n) is 5.88. The number of rotatable bonds is 5. The predicted octanol–water partition coefficient (Wildman–Crippen LogP) is 3.00. The highest BCUT2D eigenvalue weighted by Crippen LogP contribution is 2.33. The second kappa shape index (κ2) is 7.65.